The molecule has 3 rings (SSSR count). The highest BCUT2D eigenvalue weighted by atomic mass is 32.1. The maximum absolute atomic E-state index is 5.80. The number of thiazole rings is 1. The highest BCUT2D eigenvalue weighted by Crippen LogP contribution is 2.24. The van der Waals surface area contributed by atoms with Crippen LogP contribution in [0, 0.1) is 0 Å². The maximum Gasteiger partial charge on any atom is 0.267 e. The number of nitrogens with zero attached hydrogens (tertiary/aromatic N) is 3. The Hall–Kier alpha value is -2.05. The van der Waals surface area contributed by atoms with Gasteiger partial charge >= 0.3 is 0 Å². The summed E-state index contributed by atoms with van der Waals surface area (Å²) in [4.78, 5) is 4.20. The predicted molar refractivity (Wildman–Crippen MR) is 82.0 cm³/mol. The average molecular weight is 300 g/mol. The number of nitrogens with one attached hydrogen (secondary N) is 1. The van der Waals surface area contributed by atoms with Crippen molar-refractivity contribution in [3.8, 4) is 11.6 Å². The number of hydrogen-bond donors (Lipinski definition) is 1. The topological polar surface area (TPSA) is 63.8 Å². The molecule has 1 N–H and O–H groups in total. The van der Waals surface area contributed by atoms with Gasteiger partial charge in [0.15, 0.2) is 0 Å². The van der Waals surface area contributed by atoms with Crippen molar-refractivity contribution in [3.05, 3.63) is 52.7 Å². The van der Waals surface area contributed by atoms with Gasteiger partial charge in [-0.1, -0.05) is 37.3 Å². The summed E-state index contributed by atoms with van der Waals surface area (Å²) < 4.78 is 5.80. The number of rotatable bonds is 6. The molecular formula is C15H16N4OS. The van der Waals surface area contributed by atoms with Gasteiger partial charge in [-0.2, -0.15) is 0 Å². The van der Waals surface area contributed by atoms with Gasteiger partial charge in [0.1, 0.15) is 11.7 Å². The summed E-state index contributed by atoms with van der Waals surface area (Å²) in [6.45, 7) is 3.01. The number of hydrogen-bond acceptors (Lipinski definition) is 6. The molecule has 0 saturated heterocycles. The number of benzene rings is 1. The SMILES string of the molecule is CCCNC(c1ccccc1)c1nnc(-c2cscn2)o1. The third-order valence-corrected chi connectivity index (χ3v) is 3.66. The van der Waals surface area contributed by atoms with E-state index in [0.717, 1.165) is 24.2 Å². The van der Waals surface area contributed by atoms with E-state index in [9.17, 15) is 0 Å². The van der Waals surface area contributed by atoms with E-state index in [0.29, 0.717) is 11.8 Å². The monoisotopic (exact) mass is 300 g/mol. The second-order valence-electron chi connectivity index (χ2n) is 4.62. The van der Waals surface area contributed by atoms with E-state index >= 15 is 0 Å². The highest BCUT2D eigenvalue weighted by molar-refractivity contribution is 7.07. The van der Waals surface area contributed by atoms with E-state index in [1.54, 1.807) is 5.51 Å². The van der Waals surface area contributed by atoms with Crippen LogP contribution in [0.3, 0.4) is 0 Å². The lowest BCUT2D eigenvalue weighted by Crippen LogP contribution is -2.23. The molecule has 6 heteroatoms. The molecule has 0 aliphatic heterocycles. The van der Waals surface area contributed by atoms with E-state index in [1.807, 2.05) is 23.6 Å². The zero-order valence-corrected chi connectivity index (χ0v) is 12.5. The minimum atomic E-state index is -0.0916. The zero-order valence-electron chi connectivity index (χ0n) is 11.7. The Morgan fingerprint density at radius 1 is 1.24 bits per heavy atom. The van der Waals surface area contributed by atoms with Crippen LogP contribution in [0.5, 0.6) is 0 Å². The zero-order chi connectivity index (χ0) is 14.5. The molecule has 0 bridgehead atoms. The molecule has 1 unspecified atom stereocenters. The lowest BCUT2D eigenvalue weighted by atomic mass is 10.1. The first-order valence-electron chi connectivity index (χ1n) is 6.88. The van der Waals surface area contributed by atoms with Crippen LogP contribution < -0.4 is 5.32 Å². The minimum absolute atomic E-state index is 0.0916. The first kappa shape index (κ1) is 13.9. The first-order chi connectivity index (χ1) is 10.4. The summed E-state index contributed by atoms with van der Waals surface area (Å²) in [5, 5.41) is 13.6. The number of aromatic nitrogens is 3. The van der Waals surface area contributed by atoms with Gasteiger partial charge in [-0.15, -0.1) is 21.5 Å². The van der Waals surface area contributed by atoms with Crippen LogP contribution in [-0.4, -0.2) is 21.7 Å². The van der Waals surface area contributed by atoms with Crippen LogP contribution in [0.2, 0.25) is 0 Å². The Morgan fingerprint density at radius 2 is 2.10 bits per heavy atom. The molecule has 21 heavy (non-hydrogen) atoms. The summed E-state index contributed by atoms with van der Waals surface area (Å²) in [5.41, 5.74) is 3.59. The molecule has 0 saturated carbocycles. The molecule has 108 valence electrons. The van der Waals surface area contributed by atoms with Crippen LogP contribution in [0.4, 0.5) is 0 Å². The van der Waals surface area contributed by atoms with Crippen molar-refractivity contribution >= 4 is 11.3 Å². The van der Waals surface area contributed by atoms with Gasteiger partial charge in [0.05, 0.1) is 5.51 Å². The fourth-order valence-electron chi connectivity index (χ4n) is 2.05. The molecule has 5 nitrogen and oxygen atoms in total. The molecule has 2 aromatic heterocycles. The van der Waals surface area contributed by atoms with Gasteiger partial charge < -0.3 is 9.73 Å². The molecule has 0 spiro atoms. The molecule has 3 aromatic rings. The van der Waals surface area contributed by atoms with Gasteiger partial charge in [0, 0.05) is 5.38 Å². The summed E-state index contributed by atoms with van der Waals surface area (Å²) in [5.74, 6) is 1.03. The van der Waals surface area contributed by atoms with Gasteiger partial charge in [0.2, 0.25) is 5.89 Å². The molecule has 0 radical (unpaired) electrons. The van der Waals surface area contributed by atoms with Crippen molar-refractivity contribution in [2.24, 2.45) is 0 Å². The van der Waals surface area contributed by atoms with E-state index in [2.05, 4.69) is 39.6 Å². The largest absolute Gasteiger partial charge is 0.417 e. The smallest absolute Gasteiger partial charge is 0.267 e. The van der Waals surface area contributed by atoms with Crippen LogP contribution >= 0.6 is 11.3 Å². The lowest BCUT2D eigenvalue weighted by Gasteiger charge is -2.14. The third kappa shape index (κ3) is 3.17. The van der Waals surface area contributed by atoms with Gasteiger partial charge in [-0.05, 0) is 18.5 Å². The minimum Gasteiger partial charge on any atom is -0.417 e. The predicted octanol–water partition coefficient (Wildman–Crippen LogP) is 3.28. The average Bonchev–Trinajstić information content (AvgIpc) is 3.20. The van der Waals surface area contributed by atoms with Crippen LogP contribution in [-0.2, 0) is 0 Å². The molecule has 0 aliphatic carbocycles. The summed E-state index contributed by atoms with van der Waals surface area (Å²) in [7, 11) is 0. The van der Waals surface area contributed by atoms with Crippen LogP contribution in [0.25, 0.3) is 11.6 Å². The molecule has 0 aliphatic rings. The fourth-order valence-corrected chi connectivity index (χ4v) is 2.58. The van der Waals surface area contributed by atoms with Crippen molar-refractivity contribution in [2.75, 3.05) is 6.54 Å². The Balaban J connectivity index is 1.90. The van der Waals surface area contributed by atoms with Crippen LogP contribution in [0.1, 0.15) is 30.8 Å². The third-order valence-electron chi connectivity index (χ3n) is 3.07. The Labute approximate surface area is 127 Å². The fraction of sp³-hybridized carbons (Fsp3) is 0.267. The standard InChI is InChI=1S/C15H16N4OS/c1-2-8-16-13(11-6-4-3-5-7-11)15-19-18-14(20-15)12-9-21-10-17-12/h3-7,9-10,13,16H,2,8H2,1H3. The van der Waals surface area contributed by atoms with Gasteiger partial charge in [-0.3, -0.25) is 0 Å². The Morgan fingerprint density at radius 3 is 2.81 bits per heavy atom. The normalized spacial score (nSPS) is 12.4. The summed E-state index contributed by atoms with van der Waals surface area (Å²) in [6, 6.07) is 10.0. The van der Waals surface area contributed by atoms with E-state index < -0.39 is 0 Å². The summed E-state index contributed by atoms with van der Waals surface area (Å²) in [6.07, 6.45) is 1.04. The first-order valence-corrected chi connectivity index (χ1v) is 7.83. The van der Waals surface area contributed by atoms with Gasteiger partial charge in [-0.25, -0.2) is 4.98 Å². The molecule has 0 amide bonds. The second kappa shape index (κ2) is 6.60. The maximum atomic E-state index is 5.80. The quantitative estimate of drug-likeness (QED) is 0.757. The van der Waals surface area contributed by atoms with Crippen LogP contribution in [0.15, 0.2) is 45.6 Å². The van der Waals surface area contributed by atoms with Gasteiger partial charge in [0.25, 0.3) is 5.89 Å². The van der Waals surface area contributed by atoms with Crippen molar-refractivity contribution in [3.63, 3.8) is 0 Å². The van der Waals surface area contributed by atoms with Crippen molar-refractivity contribution in [1.29, 1.82) is 0 Å². The molecule has 1 aromatic carbocycles. The van der Waals surface area contributed by atoms with Crippen molar-refractivity contribution in [1.82, 2.24) is 20.5 Å². The lowest BCUT2D eigenvalue weighted by molar-refractivity contribution is 0.438. The van der Waals surface area contributed by atoms with Crippen molar-refractivity contribution < 1.29 is 4.42 Å². The van der Waals surface area contributed by atoms with E-state index in [4.69, 9.17) is 4.42 Å². The molecule has 2 heterocycles. The second-order valence-corrected chi connectivity index (χ2v) is 5.34. The Kier molecular flexibility index (Phi) is 4.37. The Bertz CT molecular complexity index is 666. The summed E-state index contributed by atoms with van der Waals surface area (Å²) >= 11 is 1.51. The molecular weight excluding hydrogens is 284 g/mol. The van der Waals surface area contributed by atoms with E-state index in [-0.39, 0.29) is 6.04 Å². The van der Waals surface area contributed by atoms with E-state index in [1.165, 1.54) is 11.3 Å². The van der Waals surface area contributed by atoms with Crippen molar-refractivity contribution in [2.45, 2.75) is 19.4 Å². The molecule has 0 fully saturated rings. The molecule has 1 atom stereocenters. The highest BCUT2D eigenvalue weighted by Gasteiger charge is 2.20.